The molecule has 0 aliphatic carbocycles. The van der Waals surface area contributed by atoms with Crippen molar-refractivity contribution in [3.63, 3.8) is 0 Å². The van der Waals surface area contributed by atoms with E-state index in [2.05, 4.69) is 28.7 Å². The minimum absolute atomic E-state index is 0.243. The molecule has 5 nitrogen and oxygen atoms in total. The molecular formula is C13H22N4O. The molecule has 1 fully saturated rings. The van der Waals surface area contributed by atoms with Crippen LogP contribution in [0.25, 0.3) is 0 Å². The summed E-state index contributed by atoms with van der Waals surface area (Å²) in [6, 6.07) is 2.16. The fourth-order valence-corrected chi connectivity index (χ4v) is 2.21. The predicted octanol–water partition coefficient (Wildman–Crippen LogP) is 1.44. The molecule has 1 aliphatic heterocycles. The fourth-order valence-electron chi connectivity index (χ4n) is 2.21. The highest BCUT2D eigenvalue weighted by molar-refractivity contribution is 5.42. The van der Waals surface area contributed by atoms with Gasteiger partial charge in [-0.25, -0.2) is 9.97 Å². The Morgan fingerprint density at radius 3 is 3.06 bits per heavy atom. The molecule has 1 aromatic rings. The van der Waals surface area contributed by atoms with E-state index in [4.69, 9.17) is 10.5 Å². The first-order valence-electron chi connectivity index (χ1n) is 6.66. The lowest BCUT2D eigenvalue weighted by molar-refractivity contribution is 0.304. The molecule has 1 aromatic heterocycles. The third kappa shape index (κ3) is 3.10. The van der Waals surface area contributed by atoms with Crippen LogP contribution in [0.3, 0.4) is 0 Å². The van der Waals surface area contributed by atoms with Gasteiger partial charge < -0.3 is 15.4 Å². The number of anilines is 1. The SMILES string of the molecule is CCCOc1cc(N2CCC(C(C)N)C2)ncn1. The molecule has 18 heavy (non-hydrogen) atoms. The molecule has 0 spiro atoms. The minimum atomic E-state index is 0.243. The summed E-state index contributed by atoms with van der Waals surface area (Å²) in [6.45, 7) is 6.83. The second kappa shape index (κ2) is 6.00. The summed E-state index contributed by atoms with van der Waals surface area (Å²) in [5.74, 6) is 2.16. The Balaban J connectivity index is 2.01. The fraction of sp³-hybridized carbons (Fsp3) is 0.692. The number of aromatic nitrogens is 2. The van der Waals surface area contributed by atoms with Gasteiger partial charge in [-0.2, -0.15) is 0 Å². The largest absolute Gasteiger partial charge is 0.478 e. The van der Waals surface area contributed by atoms with Crippen LogP contribution >= 0.6 is 0 Å². The Kier molecular flexibility index (Phi) is 4.36. The van der Waals surface area contributed by atoms with Crippen molar-refractivity contribution in [2.24, 2.45) is 11.7 Å². The van der Waals surface area contributed by atoms with E-state index >= 15 is 0 Å². The quantitative estimate of drug-likeness (QED) is 0.856. The van der Waals surface area contributed by atoms with E-state index < -0.39 is 0 Å². The highest BCUT2D eigenvalue weighted by Gasteiger charge is 2.26. The van der Waals surface area contributed by atoms with Crippen molar-refractivity contribution < 1.29 is 4.74 Å². The Bertz CT molecular complexity index is 383. The number of nitrogens with zero attached hydrogens (tertiary/aromatic N) is 3. The Hall–Kier alpha value is -1.36. The van der Waals surface area contributed by atoms with Gasteiger partial charge in [-0.05, 0) is 25.7 Å². The van der Waals surface area contributed by atoms with E-state index in [1.54, 1.807) is 6.33 Å². The van der Waals surface area contributed by atoms with E-state index in [1.165, 1.54) is 0 Å². The van der Waals surface area contributed by atoms with E-state index in [1.807, 2.05) is 6.07 Å². The predicted molar refractivity (Wildman–Crippen MR) is 71.8 cm³/mol. The van der Waals surface area contributed by atoms with Gasteiger partial charge in [0.25, 0.3) is 0 Å². The van der Waals surface area contributed by atoms with Crippen molar-refractivity contribution in [3.8, 4) is 5.88 Å². The Morgan fingerprint density at radius 2 is 2.39 bits per heavy atom. The lowest BCUT2D eigenvalue weighted by Gasteiger charge is -2.19. The molecule has 5 heteroatoms. The smallest absolute Gasteiger partial charge is 0.218 e. The highest BCUT2D eigenvalue weighted by atomic mass is 16.5. The van der Waals surface area contributed by atoms with Gasteiger partial charge >= 0.3 is 0 Å². The van der Waals surface area contributed by atoms with Gasteiger partial charge in [-0.1, -0.05) is 6.92 Å². The maximum absolute atomic E-state index is 5.95. The lowest BCUT2D eigenvalue weighted by atomic mass is 10.0. The molecule has 2 heterocycles. The van der Waals surface area contributed by atoms with Gasteiger partial charge in [0, 0.05) is 25.2 Å². The van der Waals surface area contributed by atoms with E-state index in [-0.39, 0.29) is 6.04 Å². The molecule has 2 rings (SSSR count). The first-order chi connectivity index (χ1) is 8.70. The topological polar surface area (TPSA) is 64.3 Å². The van der Waals surface area contributed by atoms with Gasteiger partial charge in [0.05, 0.1) is 6.61 Å². The number of hydrogen-bond acceptors (Lipinski definition) is 5. The number of ether oxygens (including phenoxy) is 1. The molecular weight excluding hydrogens is 228 g/mol. The first kappa shape index (κ1) is 13.1. The number of hydrogen-bond donors (Lipinski definition) is 1. The van der Waals surface area contributed by atoms with Gasteiger partial charge in [0.15, 0.2) is 0 Å². The second-order valence-corrected chi connectivity index (χ2v) is 4.92. The van der Waals surface area contributed by atoms with E-state index in [9.17, 15) is 0 Å². The molecule has 100 valence electrons. The molecule has 2 unspecified atom stereocenters. The zero-order chi connectivity index (χ0) is 13.0. The zero-order valence-electron chi connectivity index (χ0n) is 11.2. The van der Waals surface area contributed by atoms with Crippen LogP contribution in [0.15, 0.2) is 12.4 Å². The van der Waals surface area contributed by atoms with Gasteiger partial charge in [0.2, 0.25) is 5.88 Å². The molecule has 1 aliphatic rings. The van der Waals surface area contributed by atoms with Crippen LogP contribution in [-0.2, 0) is 0 Å². The van der Waals surface area contributed by atoms with Crippen LogP contribution < -0.4 is 15.4 Å². The maximum Gasteiger partial charge on any atom is 0.218 e. The van der Waals surface area contributed by atoms with Gasteiger partial charge in [-0.3, -0.25) is 0 Å². The average molecular weight is 250 g/mol. The van der Waals surface area contributed by atoms with Crippen LogP contribution in [0.5, 0.6) is 5.88 Å². The van der Waals surface area contributed by atoms with Crippen molar-refractivity contribution in [1.29, 1.82) is 0 Å². The van der Waals surface area contributed by atoms with Crippen molar-refractivity contribution in [2.75, 3.05) is 24.6 Å². The maximum atomic E-state index is 5.95. The molecule has 0 amide bonds. The first-order valence-corrected chi connectivity index (χ1v) is 6.66. The average Bonchev–Trinajstić information content (AvgIpc) is 2.86. The summed E-state index contributed by atoms with van der Waals surface area (Å²) in [5, 5.41) is 0. The standard InChI is InChI=1S/C13H22N4O/c1-3-6-18-13-7-12(15-9-16-13)17-5-4-11(8-17)10(2)14/h7,9-11H,3-6,8,14H2,1-2H3. The molecule has 2 atom stereocenters. The second-order valence-electron chi connectivity index (χ2n) is 4.92. The Labute approximate surface area is 108 Å². The normalized spacial score (nSPS) is 21.1. The summed E-state index contributed by atoms with van der Waals surface area (Å²) < 4.78 is 5.53. The third-order valence-electron chi connectivity index (χ3n) is 3.37. The Morgan fingerprint density at radius 1 is 1.56 bits per heavy atom. The highest BCUT2D eigenvalue weighted by Crippen LogP contribution is 2.25. The third-order valence-corrected chi connectivity index (χ3v) is 3.37. The lowest BCUT2D eigenvalue weighted by Crippen LogP contribution is -2.30. The van der Waals surface area contributed by atoms with Crippen molar-refractivity contribution >= 4 is 5.82 Å². The number of nitrogens with two attached hydrogens (primary N) is 1. The molecule has 1 saturated heterocycles. The van der Waals surface area contributed by atoms with Gasteiger partial charge in [0.1, 0.15) is 12.1 Å². The van der Waals surface area contributed by atoms with Crippen LogP contribution in [0.4, 0.5) is 5.82 Å². The zero-order valence-corrected chi connectivity index (χ0v) is 11.2. The summed E-state index contributed by atoms with van der Waals surface area (Å²) in [7, 11) is 0. The van der Waals surface area contributed by atoms with Crippen molar-refractivity contribution in [1.82, 2.24) is 9.97 Å². The molecule has 0 aromatic carbocycles. The number of rotatable bonds is 5. The van der Waals surface area contributed by atoms with Crippen molar-refractivity contribution in [2.45, 2.75) is 32.7 Å². The summed E-state index contributed by atoms with van der Waals surface area (Å²) in [5.41, 5.74) is 5.95. The van der Waals surface area contributed by atoms with E-state index in [0.29, 0.717) is 18.4 Å². The summed E-state index contributed by atoms with van der Waals surface area (Å²) >= 11 is 0. The minimum Gasteiger partial charge on any atom is -0.478 e. The van der Waals surface area contributed by atoms with Crippen LogP contribution in [0.1, 0.15) is 26.7 Å². The van der Waals surface area contributed by atoms with Crippen molar-refractivity contribution in [3.05, 3.63) is 12.4 Å². The van der Waals surface area contributed by atoms with Gasteiger partial charge in [-0.15, -0.1) is 0 Å². The van der Waals surface area contributed by atoms with Crippen LogP contribution in [-0.4, -0.2) is 35.7 Å². The molecule has 0 saturated carbocycles. The monoisotopic (exact) mass is 250 g/mol. The summed E-state index contributed by atoms with van der Waals surface area (Å²) in [6.07, 6.45) is 3.68. The molecule has 0 radical (unpaired) electrons. The summed E-state index contributed by atoms with van der Waals surface area (Å²) in [4.78, 5) is 10.7. The van der Waals surface area contributed by atoms with Crippen LogP contribution in [0.2, 0.25) is 0 Å². The molecule has 0 bridgehead atoms. The van der Waals surface area contributed by atoms with Crippen LogP contribution in [0, 0.1) is 5.92 Å². The van der Waals surface area contributed by atoms with E-state index in [0.717, 1.165) is 31.7 Å². The molecule has 2 N–H and O–H groups in total.